The molecule has 1 unspecified atom stereocenters. The average molecular weight is 438 g/mol. The van der Waals surface area contributed by atoms with Crippen molar-refractivity contribution in [3.05, 3.63) is 24.3 Å². The minimum Gasteiger partial charge on any atom is -0.382 e. The molecule has 2 amide bonds. The van der Waals surface area contributed by atoms with E-state index in [9.17, 15) is 18.0 Å². The first-order valence-electron chi connectivity index (χ1n) is 10.7. The number of ether oxygens (including phenoxy) is 1. The lowest BCUT2D eigenvalue weighted by molar-refractivity contribution is -0.129. The van der Waals surface area contributed by atoms with Gasteiger partial charge in [-0.2, -0.15) is 0 Å². The number of benzene rings is 1. The van der Waals surface area contributed by atoms with E-state index in [1.54, 1.807) is 12.1 Å². The van der Waals surface area contributed by atoms with E-state index >= 15 is 0 Å². The predicted molar refractivity (Wildman–Crippen MR) is 113 cm³/mol. The first-order chi connectivity index (χ1) is 14.4. The number of nitrogens with one attached hydrogen (secondary N) is 2. The van der Waals surface area contributed by atoms with E-state index in [-0.39, 0.29) is 35.1 Å². The number of carbonyl (C=O) groups excluding carboxylic acids is 2. The van der Waals surface area contributed by atoms with E-state index in [1.165, 1.54) is 12.1 Å². The number of amides is 2. The number of carbonyl (C=O) groups is 2. The molecule has 1 heterocycles. The van der Waals surface area contributed by atoms with Gasteiger partial charge in [0.15, 0.2) is 0 Å². The van der Waals surface area contributed by atoms with Crippen LogP contribution in [0.2, 0.25) is 0 Å². The summed E-state index contributed by atoms with van der Waals surface area (Å²) in [6, 6.07) is 6.34. The molecule has 0 spiro atoms. The lowest BCUT2D eigenvalue weighted by Crippen LogP contribution is -2.35. The third-order valence-corrected chi connectivity index (χ3v) is 7.17. The van der Waals surface area contributed by atoms with Crippen LogP contribution in [0.3, 0.4) is 0 Å². The van der Waals surface area contributed by atoms with Gasteiger partial charge < -0.3 is 15.0 Å². The summed E-state index contributed by atoms with van der Waals surface area (Å²) in [5.74, 6) is -0.513. The Balaban J connectivity index is 1.51. The molecule has 30 heavy (non-hydrogen) atoms. The molecule has 1 aromatic carbocycles. The van der Waals surface area contributed by atoms with Crippen LogP contribution in [0.4, 0.5) is 5.69 Å². The molecule has 1 saturated carbocycles. The fourth-order valence-electron chi connectivity index (χ4n) is 4.05. The number of anilines is 1. The summed E-state index contributed by atoms with van der Waals surface area (Å²) in [6.45, 7) is 3.77. The van der Waals surface area contributed by atoms with Crippen molar-refractivity contribution in [2.24, 2.45) is 5.92 Å². The maximum Gasteiger partial charge on any atom is 0.240 e. The molecule has 0 aromatic heterocycles. The average Bonchev–Trinajstić information content (AvgIpc) is 3.38. The van der Waals surface area contributed by atoms with Crippen molar-refractivity contribution in [1.82, 2.24) is 9.62 Å². The SMILES string of the molecule is CCOCCCNS(=O)(=O)c1ccc(NC(=O)C2CC(=O)N(C3CCCC3)C2)cc1. The highest BCUT2D eigenvalue weighted by molar-refractivity contribution is 7.89. The van der Waals surface area contributed by atoms with Gasteiger partial charge >= 0.3 is 0 Å². The summed E-state index contributed by atoms with van der Waals surface area (Å²) in [7, 11) is -3.60. The Kier molecular flexibility index (Phi) is 7.85. The Morgan fingerprint density at radius 2 is 1.90 bits per heavy atom. The molecule has 1 atom stereocenters. The fraction of sp³-hybridized carbons (Fsp3) is 0.619. The zero-order chi connectivity index (χ0) is 21.6. The van der Waals surface area contributed by atoms with Crippen LogP contribution in [0, 0.1) is 5.92 Å². The second kappa shape index (κ2) is 10.4. The van der Waals surface area contributed by atoms with Gasteiger partial charge in [-0.3, -0.25) is 9.59 Å². The van der Waals surface area contributed by atoms with E-state index in [1.807, 2.05) is 11.8 Å². The minimum atomic E-state index is -3.60. The third kappa shape index (κ3) is 5.80. The summed E-state index contributed by atoms with van der Waals surface area (Å²) in [6.07, 6.45) is 5.16. The normalized spacial score (nSPS) is 20.1. The number of likely N-dealkylation sites (tertiary alicyclic amines) is 1. The van der Waals surface area contributed by atoms with Crippen molar-refractivity contribution < 1.29 is 22.7 Å². The third-order valence-electron chi connectivity index (χ3n) is 5.69. The second-order valence-electron chi connectivity index (χ2n) is 7.85. The number of rotatable bonds is 10. The van der Waals surface area contributed by atoms with Crippen molar-refractivity contribution in [2.75, 3.05) is 31.6 Å². The molecule has 0 radical (unpaired) electrons. The molecule has 166 valence electrons. The second-order valence-corrected chi connectivity index (χ2v) is 9.61. The van der Waals surface area contributed by atoms with E-state index in [0.29, 0.717) is 38.4 Å². The first-order valence-corrected chi connectivity index (χ1v) is 12.2. The number of hydrogen-bond donors (Lipinski definition) is 2. The quantitative estimate of drug-likeness (QED) is 0.546. The van der Waals surface area contributed by atoms with Gasteiger partial charge in [0.1, 0.15) is 0 Å². The van der Waals surface area contributed by atoms with Crippen molar-refractivity contribution in [3.63, 3.8) is 0 Å². The summed E-state index contributed by atoms with van der Waals surface area (Å²) in [5.41, 5.74) is 0.516. The molecule has 8 nitrogen and oxygen atoms in total. The van der Waals surface area contributed by atoms with E-state index in [0.717, 1.165) is 25.7 Å². The standard InChI is InChI=1S/C21H31N3O5S/c1-2-29-13-5-12-22-30(27,28)19-10-8-17(9-11-19)23-21(26)16-14-20(25)24(15-16)18-6-3-4-7-18/h8-11,16,18,22H,2-7,12-15H2,1H3,(H,23,26). The molecule has 9 heteroatoms. The topological polar surface area (TPSA) is 105 Å². The maximum atomic E-state index is 12.6. The van der Waals surface area contributed by atoms with Crippen LogP contribution in [0.25, 0.3) is 0 Å². The van der Waals surface area contributed by atoms with E-state index in [2.05, 4.69) is 10.0 Å². The zero-order valence-corrected chi connectivity index (χ0v) is 18.2. The molecule has 1 aromatic rings. The summed E-state index contributed by atoms with van der Waals surface area (Å²) >= 11 is 0. The Labute approximate surface area is 178 Å². The number of nitrogens with zero attached hydrogens (tertiary/aromatic N) is 1. The van der Waals surface area contributed by atoms with Gasteiger partial charge in [-0.15, -0.1) is 0 Å². The summed E-state index contributed by atoms with van der Waals surface area (Å²) in [5, 5.41) is 2.81. The van der Waals surface area contributed by atoms with Crippen molar-refractivity contribution in [2.45, 2.75) is 56.4 Å². The molecule has 3 rings (SSSR count). The van der Waals surface area contributed by atoms with Crippen molar-refractivity contribution >= 4 is 27.5 Å². The molecule has 1 saturated heterocycles. The Morgan fingerprint density at radius 1 is 1.20 bits per heavy atom. The highest BCUT2D eigenvalue weighted by Crippen LogP contribution is 2.30. The van der Waals surface area contributed by atoms with Crippen LogP contribution in [0.1, 0.15) is 45.4 Å². The maximum absolute atomic E-state index is 12.6. The van der Waals surface area contributed by atoms with Gasteiger partial charge in [0.2, 0.25) is 21.8 Å². The van der Waals surface area contributed by atoms with Crippen molar-refractivity contribution in [3.8, 4) is 0 Å². The van der Waals surface area contributed by atoms with E-state index < -0.39 is 10.0 Å². The lowest BCUT2D eigenvalue weighted by Gasteiger charge is -2.23. The van der Waals surface area contributed by atoms with Gasteiger partial charge in [-0.1, -0.05) is 12.8 Å². The molecule has 1 aliphatic carbocycles. The molecular weight excluding hydrogens is 406 g/mol. The minimum absolute atomic E-state index is 0.0545. The largest absolute Gasteiger partial charge is 0.382 e. The van der Waals surface area contributed by atoms with Crippen LogP contribution >= 0.6 is 0 Å². The Hall–Kier alpha value is -1.97. The Morgan fingerprint density at radius 3 is 2.57 bits per heavy atom. The molecular formula is C21H31N3O5S. The number of hydrogen-bond acceptors (Lipinski definition) is 5. The van der Waals surface area contributed by atoms with Gasteiger partial charge in [0, 0.05) is 44.5 Å². The molecule has 2 aliphatic rings. The summed E-state index contributed by atoms with van der Waals surface area (Å²) < 4.78 is 32.4. The van der Waals surface area contributed by atoms with Crippen molar-refractivity contribution in [1.29, 1.82) is 0 Å². The number of sulfonamides is 1. The summed E-state index contributed by atoms with van der Waals surface area (Å²) in [4.78, 5) is 26.9. The molecule has 0 bridgehead atoms. The first kappa shape index (κ1) is 22.7. The highest BCUT2D eigenvalue weighted by atomic mass is 32.2. The van der Waals surface area contributed by atoms with Crippen LogP contribution in [0.5, 0.6) is 0 Å². The van der Waals surface area contributed by atoms with Gasteiger partial charge in [0.25, 0.3) is 0 Å². The smallest absolute Gasteiger partial charge is 0.240 e. The van der Waals surface area contributed by atoms with Crippen LogP contribution < -0.4 is 10.0 Å². The van der Waals surface area contributed by atoms with Crippen LogP contribution in [0.15, 0.2) is 29.2 Å². The van der Waals surface area contributed by atoms with Crippen LogP contribution in [-0.4, -0.2) is 57.5 Å². The Bertz CT molecular complexity index is 835. The van der Waals surface area contributed by atoms with Gasteiger partial charge in [0.05, 0.1) is 10.8 Å². The molecule has 2 fully saturated rings. The monoisotopic (exact) mass is 437 g/mol. The van der Waals surface area contributed by atoms with Gasteiger partial charge in [-0.25, -0.2) is 13.1 Å². The zero-order valence-electron chi connectivity index (χ0n) is 17.4. The van der Waals surface area contributed by atoms with E-state index in [4.69, 9.17) is 4.74 Å². The molecule has 1 aliphatic heterocycles. The van der Waals surface area contributed by atoms with Gasteiger partial charge in [-0.05, 0) is 50.5 Å². The highest BCUT2D eigenvalue weighted by Gasteiger charge is 2.38. The van der Waals surface area contributed by atoms with Crippen LogP contribution in [-0.2, 0) is 24.3 Å². The fourth-order valence-corrected chi connectivity index (χ4v) is 5.12. The predicted octanol–water partition coefficient (Wildman–Crippen LogP) is 2.12. The lowest BCUT2D eigenvalue weighted by atomic mass is 10.1. The molecule has 2 N–H and O–H groups in total.